The first-order chi connectivity index (χ1) is 9.97. The number of hydrogen-bond donors (Lipinski definition) is 1. The van der Waals surface area contributed by atoms with Gasteiger partial charge in [0.1, 0.15) is 0 Å². The summed E-state index contributed by atoms with van der Waals surface area (Å²) < 4.78 is 5.53. The SMILES string of the molecule is CC(c1ccc(N(C)C)cc1)N1CCOC(CC(=O)O)C1. The number of nitrogens with zero attached hydrogens (tertiary/aromatic N) is 2. The summed E-state index contributed by atoms with van der Waals surface area (Å²) in [5.41, 5.74) is 2.42. The molecule has 5 heteroatoms. The second-order valence-corrected chi connectivity index (χ2v) is 5.75. The van der Waals surface area contributed by atoms with Gasteiger partial charge in [0.05, 0.1) is 19.1 Å². The van der Waals surface area contributed by atoms with Crippen LogP contribution in [0, 0.1) is 0 Å². The number of ether oxygens (including phenoxy) is 1. The zero-order valence-electron chi connectivity index (χ0n) is 13.0. The van der Waals surface area contributed by atoms with Gasteiger partial charge in [-0.1, -0.05) is 12.1 Å². The largest absolute Gasteiger partial charge is 0.481 e. The first-order valence-electron chi connectivity index (χ1n) is 7.32. The highest BCUT2D eigenvalue weighted by atomic mass is 16.5. The minimum Gasteiger partial charge on any atom is -0.481 e. The van der Waals surface area contributed by atoms with E-state index in [1.54, 1.807) is 0 Å². The summed E-state index contributed by atoms with van der Waals surface area (Å²) in [6.45, 7) is 4.27. The monoisotopic (exact) mass is 292 g/mol. The number of hydrogen-bond acceptors (Lipinski definition) is 4. The van der Waals surface area contributed by atoms with E-state index in [4.69, 9.17) is 9.84 Å². The Morgan fingerprint density at radius 3 is 2.67 bits per heavy atom. The van der Waals surface area contributed by atoms with Gasteiger partial charge < -0.3 is 14.7 Å². The highest BCUT2D eigenvalue weighted by Crippen LogP contribution is 2.25. The molecule has 0 spiro atoms. The minimum absolute atomic E-state index is 0.0722. The molecule has 1 aliphatic rings. The fraction of sp³-hybridized carbons (Fsp3) is 0.562. The number of rotatable bonds is 5. The molecular weight excluding hydrogens is 268 g/mol. The maximum atomic E-state index is 10.8. The van der Waals surface area contributed by atoms with Crippen molar-refractivity contribution in [1.82, 2.24) is 4.90 Å². The summed E-state index contributed by atoms with van der Waals surface area (Å²) in [6, 6.07) is 8.77. The average Bonchev–Trinajstić information content (AvgIpc) is 2.46. The van der Waals surface area contributed by atoms with Crippen molar-refractivity contribution in [3.63, 3.8) is 0 Å². The minimum atomic E-state index is -0.801. The van der Waals surface area contributed by atoms with Crippen LogP contribution < -0.4 is 4.90 Å². The average molecular weight is 292 g/mol. The second-order valence-electron chi connectivity index (χ2n) is 5.75. The number of carboxylic acid groups (broad SMARTS) is 1. The quantitative estimate of drug-likeness (QED) is 0.899. The Balaban J connectivity index is 2.01. The topological polar surface area (TPSA) is 53.0 Å². The Bertz CT molecular complexity index is 473. The van der Waals surface area contributed by atoms with Crippen LogP contribution in [-0.2, 0) is 9.53 Å². The molecule has 0 bridgehead atoms. The Morgan fingerprint density at radius 2 is 2.10 bits per heavy atom. The summed E-state index contributed by atoms with van der Waals surface area (Å²) in [5.74, 6) is -0.801. The maximum Gasteiger partial charge on any atom is 0.306 e. The van der Waals surface area contributed by atoms with Crippen LogP contribution >= 0.6 is 0 Å². The van der Waals surface area contributed by atoms with Crippen LogP contribution in [0.4, 0.5) is 5.69 Å². The number of carboxylic acids is 1. The zero-order valence-corrected chi connectivity index (χ0v) is 13.0. The van der Waals surface area contributed by atoms with Crippen molar-refractivity contribution >= 4 is 11.7 Å². The van der Waals surface area contributed by atoms with Crippen molar-refractivity contribution in [2.24, 2.45) is 0 Å². The highest BCUT2D eigenvalue weighted by molar-refractivity contribution is 5.67. The van der Waals surface area contributed by atoms with Crippen LogP contribution in [0.15, 0.2) is 24.3 Å². The normalized spacial score (nSPS) is 21.0. The molecule has 116 valence electrons. The number of carbonyl (C=O) groups is 1. The molecule has 0 aliphatic carbocycles. The van der Waals surface area contributed by atoms with Gasteiger partial charge in [0, 0.05) is 38.9 Å². The molecule has 1 aromatic rings. The summed E-state index contributed by atoms with van der Waals surface area (Å²) in [6.07, 6.45) is -0.136. The first-order valence-corrected chi connectivity index (χ1v) is 7.32. The molecule has 21 heavy (non-hydrogen) atoms. The summed E-state index contributed by atoms with van der Waals surface area (Å²) in [7, 11) is 4.05. The van der Waals surface area contributed by atoms with Crippen LogP contribution in [0.5, 0.6) is 0 Å². The predicted molar refractivity (Wildman–Crippen MR) is 82.7 cm³/mol. The van der Waals surface area contributed by atoms with Crippen molar-refractivity contribution in [1.29, 1.82) is 0 Å². The smallest absolute Gasteiger partial charge is 0.306 e. The number of morpholine rings is 1. The van der Waals surface area contributed by atoms with Gasteiger partial charge in [-0.15, -0.1) is 0 Å². The van der Waals surface area contributed by atoms with E-state index in [0.717, 1.165) is 6.54 Å². The molecule has 2 unspecified atom stereocenters. The third-order valence-electron chi connectivity index (χ3n) is 4.01. The van der Waals surface area contributed by atoms with E-state index >= 15 is 0 Å². The summed E-state index contributed by atoms with van der Waals surface area (Å²) in [5, 5.41) is 8.89. The fourth-order valence-corrected chi connectivity index (χ4v) is 2.67. The zero-order chi connectivity index (χ0) is 15.4. The molecule has 1 N–H and O–H groups in total. The van der Waals surface area contributed by atoms with Crippen LogP contribution in [0.3, 0.4) is 0 Å². The Labute approximate surface area is 126 Å². The van der Waals surface area contributed by atoms with Crippen LogP contribution in [0.1, 0.15) is 24.9 Å². The van der Waals surface area contributed by atoms with E-state index < -0.39 is 5.97 Å². The second kappa shape index (κ2) is 6.91. The van der Waals surface area contributed by atoms with E-state index in [0.29, 0.717) is 13.2 Å². The number of benzene rings is 1. The molecule has 1 fully saturated rings. The van der Waals surface area contributed by atoms with Gasteiger partial charge in [-0.2, -0.15) is 0 Å². The van der Waals surface area contributed by atoms with Crippen molar-refractivity contribution in [2.45, 2.75) is 25.5 Å². The Kier molecular flexibility index (Phi) is 5.20. The molecule has 2 atom stereocenters. The predicted octanol–water partition coefficient (Wildman–Crippen LogP) is 1.99. The third kappa shape index (κ3) is 4.19. The van der Waals surface area contributed by atoms with Crippen molar-refractivity contribution in [2.75, 3.05) is 38.7 Å². The number of aliphatic carboxylic acids is 1. The lowest BCUT2D eigenvalue weighted by Crippen LogP contribution is -2.44. The van der Waals surface area contributed by atoms with Gasteiger partial charge >= 0.3 is 5.97 Å². The molecule has 0 amide bonds. The molecule has 5 nitrogen and oxygen atoms in total. The van der Waals surface area contributed by atoms with E-state index in [1.165, 1.54) is 11.3 Å². The van der Waals surface area contributed by atoms with E-state index in [1.807, 2.05) is 14.1 Å². The summed E-state index contributed by atoms with van der Waals surface area (Å²) in [4.78, 5) is 15.2. The molecule has 0 saturated carbocycles. The molecule has 1 saturated heterocycles. The van der Waals surface area contributed by atoms with Crippen molar-refractivity contribution in [3.05, 3.63) is 29.8 Å². The summed E-state index contributed by atoms with van der Waals surface area (Å²) >= 11 is 0. The number of anilines is 1. The highest BCUT2D eigenvalue weighted by Gasteiger charge is 2.26. The van der Waals surface area contributed by atoms with E-state index in [2.05, 4.69) is 41.0 Å². The van der Waals surface area contributed by atoms with Gasteiger partial charge in [0.25, 0.3) is 0 Å². The standard InChI is InChI=1S/C16H24N2O3/c1-12(13-4-6-14(7-5-13)17(2)3)18-8-9-21-15(11-18)10-16(19)20/h4-7,12,15H,8-11H2,1-3H3,(H,19,20). The van der Waals surface area contributed by atoms with Gasteiger partial charge in [-0.05, 0) is 24.6 Å². The first kappa shape index (κ1) is 15.8. The molecule has 1 aromatic carbocycles. The van der Waals surface area contributed by atoms with Gasteiger partial charge in [0.2, 0.25) is 0 Å². The van der Waals surface area contributed by atoms with Crippen LogP contribution in [0.2, 0.25) is 0 Å². The van der Waals surface area contributed by atoms with Gasteiger partial charge in [-0.25, -0.2) is 0 Å². The third-order valence-corrected chi connectivity index (χ3v) is 4.01. The fourth-order valence-electron chi connectivity index (χ4n) is 2.67. The molecule has 2 rings (SSSR count). The molecule has 0 aromatic heterocycles. The van der Waals surface area contributed by atoms with Crippen molar-refractivity contribution in [3.8, 4) is 0 Å². The lowest BCUT2D eigenvalue weighted by molar-refractivity contribution is -0.142. The lowest BCUT2D eigenvalue weighted by atomic mass is 10.0. The van der Waals surface area contributed by atoms with Crippen LogP contribution in [-0.4, -0.2) is 55.9 Å². The van der Waals surface area contributed by atoms with Gasteiger partial charge in [0.15, 0.2) is 0 Å². The Morgan fingerprint density at radius 1 is 1.43 bits per heavy atom. The lowest BCUT2D eigenvalue weighted by Gasteiger charge is -2.36. The van der Waals surface area contributed by atoms with E-state index in [-0.39, 0.29) is 18.6 Å². The Hall–Kier alpha value is -1.59. The molecular formula is C16H24N2O3. The molecule has 1 heterocycles. The maximum absolute atomic E-state index is 10.8. The van der Waals surface area contributed by atoms with E-state index in [9.17, 15) is 4.79 Å². The van der Waals surface area contributed by atoms with Crippen molar-refractivity contribution < 1.29 is 14.6 Å². The molecule has 0 radical (unpaired) electrons. The molecule has 1 aliphatic heterocycles. The van der Waals surface area contributed by atoms with Crippen LogP contribution in [0.25, 0.3) is 0 Å². The van der Waals surface area contributed by atoms with Gasteiger partial charge in [-0.3, -0.25) is 9.69 Å².